The molecule has 2 aliphatic rings. The van der Waals surface area contributed by atoms with Crippen LogP contribution in [0.15, 0.2) is 6.20 Å². The lowest BCUT2D eigenvalue weighted by Crippen LogP contribution is -2.46. The van der Waals surface area contributed by atoms with Gasteiger partial charge in [-0.05, 0) is 33.6 Å². The van der Waals surface area contributed by atoms with E-state index >= 15 is 0 Å². The number of nitrogens with zero attached hydrogens (tertiary/aromatic N) is 2. The number of likely N-dealkylation sites (tertiary alicyclic amines) is 1. The number of carbonyl (C=O) groups is 1. The summed E-state index contributed by atoms with van der Waals surface area (Å²) in [6.07, 6.45) is 3.20. The van der Waals surface area contributed by atoms with Gasteiger partial charge in [0.1, 0.15) is 11.2 Å². The molecular weight excluding hydrogens is 258 g/mol. The first-order chi connectivity index (χ1) is 9.40. The number of piperidine rings is 1. The van der Waals surface area contributed by atoms with Gasteiger partial charge in [0.15, 0.2) is 0 Å². The highest BCUT2D eigenvalue weighted by Gasteiger charge is 2.45. The second-order valence-electron chi connectivity index (χ2n) is 6.51. The number of nitrogens with one attached hydrogen (secondary N) is 1. The first-order valence-electron chi connectivity index (χ1n) is 7.04. The van der Waals surface area contributed by atoms with Crippen LogP contribution in [-0.4, -0.2) is 39.9 Å². The Morgan fingerprint density at radius 2 is 2.15 bits per heavy atom. The van der Waals surface area contributed by atoms with E-state index in [1.54, 1.807) is 4.90 Å². The lowest BCUT2D eigenvalue weighted by Gasteiger charge is -2.39. The standard InChI is InChI=1S/C14H21N3O3/c1-13(2,3)20-12(18)17-6-4-14(5-7-17)10-8-15-16-11(10)9-19-14/h8H,4-7,9H2,1-3H3,(H,15,16). The molecule has 0 aromatic carbocycles. The molecule has 1 N–H and O–H groups in total. The zero-order chi connectivity index (χ0) is 14.4. The molecule has 3 heterocycles. The van der Waals surface area contributed by atoms with E-state index in [9.17, 15) is 4.79 Å². The van der Waals surface area contributed by atoms with Gasteiger partial charge in [-0.25, -0.2) is 4.79 Å². The molecule has 0 aliphatic carbocycles. The van der Waals surface area contributed by atoms with Crippen molar-refractivity contribution in [1.82, 2.24) is 15.1 Å². The first-order valence-corrected chi connectivity index (χ1v) is 7.04. The predicted octanol–water partition coefficient (Wildman–Crippen LogP) is 2.17. The van der Waals surface area contributed by atoms with Crippen molar-refractivity contribution >= 4 is 6.09 Å². The van der Waals surface area contributed by atoms with Crippen molar-refractivity contribution in [2.24, 2.45) is 0 Å². The van der Waals surface area contributed by atoms with Gasteiger partial charge in [-0.2, -0.15) is 5.10 Å². The van der Waals surface area contributed by atoms with E-state index in [0.29, 0.717) is 19.7 Å². The molecule has 1 amide bonds. The molecule has 1 saturated heterocycles. The minimum Gasteiger partial charge on any atom is -0.444 e. The predicted molar refractivity (Wildman–Crippen MR) is 72.1 cm³/mol. The molecule has 20 heavy (non-hydrogen) atoms. The molecule has 0 radical (unpaired) electrons. The SMILES string of the molecule is CC(C)(C)OC(=O)N1CCC2(CC1)OCc1[nH]ncc12. The van der Waals surface area contributed by atoms with Crippen molar-refractivity contribution in [3.05, 3.63) is 17.5 Å². The zero-order valence-corrected chi connectivity index (χ0v) is 12.2. The molecule has 2 aliphatic heterocycles. The summed E-state index contributed by atoms with van der Waals surface area (Å²) in [5, 5.41) is 7.06. The fourth-order valence-electron chi connectivity index (χ4n) is 2.89. The van der Waals surface area contributed by atoms with Crippen LogP contribution in [0.5, 0.6) is 0 Å². The number of fused-ring (bicyclic) bond motifs is 2. The molecule has 1 aromatic heterocycles. The molecule has 1 spiro atoms. The van der Waals surface area contributed by atoms with Gasteiger partial charge < -0.3 is 14.4 Å². The third kappa shape index (κ3) is 2.28. The lowest BCUT2D eigenvalue weighted by molar-refractivity contribution is -0.0806. The molecular formula is C14H21N3O3. The highest BCUT2D eigenvalue weighted by molar-refractivity contribution is 5.68. The smallest absolute Gasteiger partial charge is 0.410 e. The molecule has 0 atom stereocenters. The molecule has 0 saturated carbocycles. The Morgan fingerprint density at radius 3 is 2.80 bits per heavy atom. The molecule has 6 nitrogen and oxygen atoms in total. The van der Waals surface area contributed by atoms with Crippen LogP contribution < -0.4 is 0 Å². The minimum atomic E-state index is -0.451. The van der Waals surface area contributed by atoms with Crippen LogP contribution in [0.25, 0.3) is 0 Å². The van der Waals surface area contributed by atoms with E-state index < -0.39 is 5.60 Å². The number of aromatic amines is 1. The maximum atomic E-state index is 12.1. The van der Waals surface area contributed by atoms with Gasteiger partial charge in [0.05, 0.1) is 18.5 Å². The largest absolute Gasteiger partial charge is 0.444 e. The number of hydrogen-bond donors (Lipinski definition) is 1. The Hall–Kier alpha value is -1.56. The Morgan fingerprint density at radius 1 is 1.45 bits per heavy atom. The molecule has 6 heteroatoms. The molecule has 0 unspecified atom stereocenters. The van der Waals surface area contributed by atoms with Crippen LogP contribution in [0.2, 0.25) is 0 Å². The van der Waals surface area contributed by atoms with Crippen LogP contribution in [0.3, 0.4) is 0 Å². The summed E-state index contributed by atoms with van der Waals surface area (Å²) in [5.41, 5.74) is 1.51. The van der Waals surface area contributed by atoms with Gasteiger partial charge in [0.2, 0.25) is 0 Å². The molecule has 0 bridgehead atoms. The van der Waals surface area contributed by atoms with E-state index in [-0.39, 0.29) is 11.7 Å². The topological polar surface area (TPSA) is 67.4 Å². The molecule has 1 fully saturated rings. The van der Waals surface area contributed by atoms with Crippen molar-refractivity contribution in [1.29, 1.82) is 0 Å². The van der Waals surface area contributed by atoms with E-state index in [0.717, 1.165) is 24.1 Å². The zero-order valence-electron chi connectivity index (χ0n) is 12.2. The molecule has 3 rings (SSSR count). The second kappa shape index (κ2) is 4.48. The van der Waals surface area contributed by atoms with Crippen LogP contribution in [0.1, 0.15) is 44.9 Å². The number of rotatable bonds is 0. The van der Waals surface area contributed by atoms with Crippen molar-refractivity contribution in [2.75, 3.05) is 13.1 Å². The number of carbonyl (C=O) groups excluding carboxylic acids is 1. The average molecular weight is 279 g/mol. The number of hydrogen-bond acceptors (Lipinski definition) is 4. The number of ether oxygens (including phenoxy) is 2. The van der Waals surface area contributed by atoms with Crippen LogP contribution >= 0.6 is 0 Å². The van der Waals surface area contributed by atoms with Gasteiger partial charge in [-0.1, -0.05) is 0 Å². The Bertz CT molecular complexity index is 510. The quantitative estimate of drug-likeness (QED) is 0.790. The van der Waals surface area contributed by atoms with Crippen LogP contribution in [0, 0.1) is 0 Å². The summed E-state index contributed by atoms with van der Waals surface area (Å²) >= 11 is 0. The van der Waals surface area contributed by atoms with Gasteiger partial charge in [-0.15, -0.1) is 0 Å². The third-order valence-corrected chi connectivity index (χ3v) is 3.92. The fourth-order valence-corrected chi connectivity index (χ4v) is 2.89. The summed E-state index contributed by atoms with van der Waals surface area (Å²) < 4.78 is 11.4. The number of H-pyrrole nitrogens is 1. The van der Waals surface area contributed by atoms with Gasteiger partial charge >= 0.3 is 6.09 Å². The van der Waals surface area contributed by atoms with Crippen LogP contribution in [-0.2, 0) is 21.7 Å². The van der Waals surface area contributed by atoms with E-state index in [4.69, 9.17) is 9.47 Å². The van der Waals surface area contributed by atoms with Crippen LogP contribution in [0.4, 0.5) is 4.79 Å². The van der Waals surface area contributed by atoms with E-state index in [1.807, 2.05) is 27.0 Å². The third-order valence-electron chi connectivity index (χ3n) is 3.92. The molecule has 1 aromatic rings. The number of amides is 1. The lowest BCUT2D eigenvalue weighted by atomic mass is 9.86. The fraction of sp³-hybridized carbons (Fsp3) is 0.714. The monoisotopic (exact) mass is 279 g/mol. The Balaban J connectivity index is 1.65. The van der Waals surface area contributed by atoms with Gasteiger partial charge in [0.25, 0.3) is 0 Å². The maximum absolute atomic E-state index is 12.1. The summed E-state index contributed by atoms with van der Waals surface area (Å²) in [5.74, 6) is 0. The van der Waals surface area contributed by atoms with Crippen molar-refractivity contribution in [3.8, 4) is 0 Å². The highest BCUT2D eigenvalue weighted by Crippen LogP contribution is 2.43. The van der Waals surface area contributed by atoms with Crippen molar-refractivity contribution < 1.29 is 14.3 Å². The summed E-state index contributed by atoms with van der Waals surface area (Å²) in [6.45, 7) is 7.54. The highest BCUT2D eigenvalue weighted by atomic mass is 16.6. The Labute approximate surface area is 118 Å². The van der Waals surface area contributed by atoms with Crippen molar-refractivity contribution in [2.45, 2.75) is 51.4 Å². The summed E-state index contributed by atoms with van der Waals surface area (Å²) in [6, 6.07) is 0. The summed E-state index contributed by atoms with van der Waals surface area (Å²) in [4.78, 5) is 13.8. The van der Waals surface area contributed by atoms with E-state index in [1.165, 1.54) is 0 Å². The first kappa shape index (κ1) is 13.4. The van der Waals surface area contributed by atoms with Gasteiger partial charge in [0, 0.05) is 18.7 Å². The Kier molecular flexibility index (Phi) is 3.01. The average Bonchev–Trinajstić information content (AvgIpc) is 2.93. The normalized spacial score (nSPS) is 21.1. The van der Waals surface area contributed by atoms with Crippen molar-refractivity contribution in [3.63, 3.8) is 0 Å². The number of aromatic nitrogens is 2. The minimum absolute atomic E-state index is 0.238. The van der Waals surface area contributed by atoms with Gasteiger partial charge in [-0.3, -0.25) is 5.10 Å². The van der Waals surface area contributed by atoms with E-state index in [2.05, 4.69) is 10.2 Å². The summed E-state index contributed by atoms with van der Waals surface area (Å²) in [7, 11) is 0. The molecule has 110 valence electrons. The second-order valence-corrected chi connectivity index (χ2v) is 6.51. The maximum Gasteiger partial charge on any atom is 0.410 e.